The van der Waals surface area contributed by atoms with Crippen molar-refractivity contribution in [1.82, 2.24) is 5.32 Å². The lowest BCUT2D eigenvalue weighted by Crippen LogP contribution is -2.66. The molecule has 13 nitrogen and oxygen atoms in total. The molecule has 0 amide bonds. The molecule has 0 saturated carbocycles. The Morgan fingerprint density at radius 2 is 1.56 bits per heavy atom. The lowest BCUT2D eigenvalue weighted by molar-refractivity contribution is -0.255. The molecular weight excluding hydrogens is 434 g/mol. The van der Waals surface area contributed by atoms with E-state index in [4.69, 9.17) is 14.2 Å². The quantitative estimate of drug-likeness (QED) is 0.170. The molecule has 184 valence electrons. The molecule has 0 aromatic carbocycles. The zero-order chi connectivity index (χ0) is 23.7. The number of aliphatic hydroxyl groups excluding tert-OH is 9. The van der Waals surface area contributed by atoms with E-state index in [9.17, 15) is 46.0 Å². The van der Waals surface area contributed by atoms with Crippen LogP contribution >= 0.6 is 0 Å². The fourth-order valence-corrected chi connectivity index (χ4v) is 3.87. The smallest absolute Gasteiger partial charge is 0.192 e. The summed E-state index contributed by atoms with van der Waals surface area (Å²) in [5, 5.41) is 92.6. The van der Waals surface area contributed by atoms with Crippen molar-refractivity contribution in [2.24, 2.45) is 0 Å². The highest BCUT2D eigenvalue weighted by Gasteiger charge is 2.46. The molecule has 2 aliphatic heterocycles. The Bertz CT molecular complexity index is 702. The predicted octanol–water partition coefficient (Wildman–Crippen LogP) is -3.76. The van der Waals surface area contributed by atoms with E-state index in [1.54, 1.807) is 6.92 Å². The van der Waals surface area contributed by atoms with Crippen LogP contribution in [-0.2, 0) is 14.2 Å². The number of hydrogen-bond donors (Lipinski definition) is 10. The maximum atomic E-state index is 10.5. The van der Waals surface area contributed by atoms with Crippen molar-refractivity contribution in [3.05, 3.63) is 23.7 Å². The first-order valence-electron chi connectivity index (χ1n) is 10.3. The molecule has 0 spiro atoms. The van der Waals surface area contributed by atoms with Gasteiger partial charge in [-0.15, -0.1) is 0 Å². The van der Waals surface area contributed by atoms with Gasteiger partial charge in [-0.1, -0.05) is 19.1 Å². The second-order valence-electron chi connectivity index (χ2n) is 8.03. The van der Waals surface area contributed by atoms with E-state index in [0.29, 0.717) is 0 Å². The number of aliphatic hydroxyl groups is 9. The highest BCUT2D eigenvalue weighted by Crippen LogP contribution is 2.29. The summed E-state index contributed by atoms with van der Waals surface area (Å²) in [7, 11) is 0. The topological polar surface area (TPSA) is 222 Å². The summed E-state index contributed by atoms with van der Waals surface area (Å²) in [4.78, 5) is 0. The van der Waals surface area contributed by atoms with E-state index in [-0.39, 0.29) is 6.42 Å². The van der Waals surface area contributed by atoms with Crippen molar-refractivity contribution >= 4 is 0 Å². The Morgan fingerprint density at radius 3 is 2.19 bits per heavy atom. The van der Waals surface area contributed by atoms with Crippen molar-refractivity contribution in [3.8, 4) is 0 Å². The zero-order valence-corrected chi connectivity index (χ0v) is 17.2. The third-order valence-corrected chi connectivity index (χ3v) is 5.88. The van der Waals surface area contributed by atoms with E-state index in [1.807, 2.05) is 0 Å². The largest absolute Gasteiger partial charge is 0.506 e. The number of nitrogens with one attached hydrogen (secondary N) is 1. The summed E-state index contributed by atoms with van der Waals surface area (Å²) in [6, 6.07) is -0.982. The van der Waals surface area contributed by atoms with Crippen molar-refractivity contribution in [3.63, 3.8) is 0 Å². The Morgan fingerprint density at radius 1 is 0.875 bits per heavy atom. The first-order valence-corrected chi connectivity index (χ1v) is 10.3. The van der Waals surface area contributed by atoms with Crippen LogP contribution in [0.15, 0.2) is 23.7 Å². The summed E-state index contributed by atoms with van der Waals surface area (Å²) in [5.74, 6) is -1.21. The number of rotatable bonds is 6. The highest BCUT2D eigenvalue weighted by molar-refractivity contribution is 5.15. The molecule has 1 saturated heterocycles. The third kappa shape index (κ3) is 4.78. The molecule has 12 atom stereocenters. The molecule has 32 heavy (non-hydrogen) atoms. The molecule has 2 heterocycles. The van der Waals surface area contributed by atoms with Crippen LogP contribution in [0.3, 0.4) is 0 Å². The molecule has 1 aliphatic carbocycles. The Kier molecular flexibility index (Phi) is 8.11. The van der Waals surface area contributed by atoms with Gasteiger partial charge in [-0.2, -0.15) is 0 Å². The van der Waals surface area contributed by atoms with Gasteiger partial charge in [0.05, 0.1) is 12.6 Å². The summed E-state index contributed by atoms with van der Waals surface area (Å²) in [6.07, 6.45) is -12.4. The summed E-state index contributed by atoms with van der Waals surface area (Å²) < 4.78 is 16.3. The minimum Gasteiger partial charge on any atom is -0.506 e. The standard InChI is InChI=1S/C19H31NO12/c1-2-7-11(23)15(27)17(29)19(31-7)32-8-4-3-6(10(22)12(8)24)20-18-16(28)14(26)13(25)9(5-21)30-18/h3-4,6-10,12-14,16-29H,2,5H2,1H3. The van der Waals surface area contributed by atoms with Gasteiger partial charge in [0, 0.05) is 0 Å². The van der Waals surface area contributed by atoms with Crippen LogP contribution in [0.1, 0.15) is 13.3 Å². The second-order valence-corrected chi connectivity index (χ2v) is 8.03. The zero-order valence-electron chi connectivity index (χ0n) is 17.2. The minimum absolute atomic E-state index is 0.277. The fraction of sp³-hybridized carbons (Fsp3) is 0.789. The van der Waals surface area contributed by atoms with Crippen molar-refractivity contribution in [2.45, 2.75) is 86.8 Å². The molecule has 3 rings (SSSR count). The summed E-state index contributed by atoms with van der Waals surface area (Å²) in [5.41, 5.74) is 0. The average molecular weight is 465 g/mol. The lowest BCUT2D eigenvalue weighted by atomic mass is 9.92. The van der Waals surface area contributed by atoms with Crippen molar-refractivity contribution < 1.29 is 60.2 Å². The first-order chi connectivity index (χ1) is 15.1. The average Bonchev–Trinajstić information content (AvgIpc) is 2.78. The molecule has 1 fully saturated rings. The van der Waals surface area contributed by atoms with Crippen LogP contribution in [0.2, 0.25) is 0 Å². The van der Waals surface area contributed by atoms with Gasteiger partial charge in [0.25, 0.3) is 0 Å². The predicted molar refractivity (Wildman–Crippen MR) is 104 cm³/mol. The van der Waals surface area contributed by atoms with Gasteiger partial charge in [0.2, 0.25) is 0 Å². The van der Waals surface area contributed by atoms with E-state index in [2.05, 4.69) is 5.32 Å². The summed E-state index contributed by atoms with van der Waals surface area (Å²) >= 11 is 0. The summed E-state index contributed by atoms with van der Waals surface area (Å²) in [6.45, 7) is 1.06. The van der Waals surface area contributed by atoms with Crippen LogP contribution in [0.5, 0.6) is 0 Å². The van der Waals surface area contributed by atoms with Crippen molar-refractivity contribution in [1.29, 1.82) is 0 Å². The SMILES string of the molecule is CCC1OC(OC2C=CC(NC3OC(CO)C(O)C(O)C3O)C(O)C2O)C(O)C(O)=C1O. The third-order valence-electron chi connectivity index (χ3n) is 5.88. The molecule has 0 bridgehead atoms. The molecular formula is C19H31NO12. The first kappa shape index (κ1) is 25.3. The van der Waals surface area contributed by atoms with Gasteiger partial charge in [-0.05, 0) is 6.42 Å². The number of ether oxygens (including phenoxy) is 3. The van der Waals surface area contributed by atoms with E-state index < -0.39 is 91.6 Å². The van der Waals surface area contributed by atoms with Gasteiger partial charge in [0.15, 0.2) is 23.9 Å². The van der Waals surface area contributed by atoms with Gasteiger partial charge in [0.1, 0.15) is 55.1 Å². The van der Waals surface area contributed by atoms with Gasteiger partial charge in [-0.25, -0.2) is 0 Å². The monoisotopic (exact) mass is 465 g/mol. The van der Waals surface area contributed by atoms with Gasteiger partial charge >= 0.3 is 0 Å². The van der Waals surface area contributed by atoms with E-state index >= 15 is 0 Å². The van der Waals surface area contributed by atoms with Crippen molar-refractivity contribution in [2.75, 3.05) is 6.61 Å². The van der Waals surface area contributed by atoms with Crippen LogP contribution in [0.4, 0.5) is 0 Å². The Hall–Kier alpha value is -1.36. The van der Waals surface area contributed by atoms with E-state index in [1.165, 1.54) is 12.2 Å². The van der Waals surface area contributed by atoms with Crippen LogP contribution in [0.25, 0.3) is 0 Å². The van der Waals surface area contributed by atoms with Crippen LogP contribution in [-0.4, -0.2) is 126 Å². The van der Waals surface area contributed by atoms with Crippen LogP contribution in [0, 0.1) is 0 Å². The van der Waals surface area contributed by atoms with Gasteiger partial charge in [-0.3, -0.25) is 5.32 Å². The maximum absolute atomic E-state index is 10.5. The molecule has 0 aromatic heterocycles. The Labute approximate surface area is 183 Å². The molecule has 0 radical (unpaired) electrons. The fourth-order valence-electron chi connectivity index (χ4n) is 3.87. The Balaban J connectivity index is 1.67. The lowest BCUT2D eigenvalue weighted by Gasteiger charge is -2.43. The van der Waals surface area contributed by atoms with Crippen LogP contribution < -0.4 is 5.32 Å². The number of hydrogen-bond acceptors (Lipinski definition) is 13. The van der Waals surface area contributed by atoms with Gasteiger partial charge < -0.3 is 60.2 Å². The molecule has 0 aromatic rings. The minimum atomic E-state index is -1.71. The molecule has 3 aliphatic rings. The normalized spacial score (nSPS) is 47.6. The highest BCUT2D eigenvalue weighted by atomic mass is 16.7. The maximum Gasteiger partial charge on any atom is 0.192 e. The van der Waals surface area contributed by atoms with E-state index in [0.717, 1.165) is 0 Å². The molecule has 10 N–H and O–H groups in total. The second kappa shape index (κ2) is 10.3. The molecule has 12 unspecified atom stereocenters. The molecule has 13 heteroatoms.